The molecule has 2 heterocycles. The maximum atomic E-state index is 12.7. The summed E-state index contributed by atoms with van der Waals surface area (Å²) in [5.74, 6) is 3.02. The zero-order valence-corrected chi connectivity index (χ0v) is 19.1. The predicted octanol–water partition coefficient (Wildman–Crippen LogP) is 2.69. The summed E-state index contributed by atoms with van der Waals surface area (Å²) in [5.41, 5.74) is 1.07. The molecule has 7 nitrogen and oxygen atoms in total. The van der Waals surface area contributed by atoms with Crippen LogP contribution in [0.5, 0.6) is 11.5 Å². The molecule has 2 N–H and O–H groups in total. The summed E-state index contributed by atoms with van der Waals surface area (Å²) in [7, 11) is 1.79. The van der Waals surface area contributed by atoms with Crippen LogP contribution in [0, 0.1) is 5.92 Å². The van der Waals surface area contributed by atoms with Crippen molar-refractivity contribution in [1.29, 1.82) is 0 Å². The highest BCUT2D eigenvalue weighted by molar-refractivity contribution is 5.81. The molecule has 1 saturated carbocycles. The summed E-state index contributed by atoms with van der Waals surface area (Å²) >= 11 is 0. The van der Waals surface area contributed by atoms with Gasteiger partial charge in [-0.1, -0.05) is 32.8 Å². The number of carbonyl (C=O) groups is 1. The Labute approximate surface area is 185 Å². The van der Waals surface area contributed by atoms with E-state index >= 15 is 0 Å². The van der Waals surface area contributed by atoms with E-state index in [2.05, 4.69) is 41.6 Å². The summed E-state index contributed by atoms with van der Waals surface area (Å²) in [6, 6.07) is 6.42. The molecule has 1 amide bonds. The van der Waals surface area contributed by atoms with Crippen LogP contribution in [0.2, 0.25) is 0 Å². The third-order valence-corrected chi connectivity index (χ3v) is 6.79. The molecule has 0 spiro atoms. The molecule has 4 rings (SSSR count). The van der Waals surface area contributed by atoms with E-state index in [9.17, 15) is 4.79 Å². The second-order valence-corrected chi connectivity index (χ2v) is 9.56. The highest BCUT2D eigenvalue weighted by atomic mass is 16.6. The molecule has 2 aliphatic heterocycles. The first kappa shape index (κ1) is 21.8. The Balaban J connectivity index is 1.29. The molecule has 170 valence electrons. The van der Waals surface area contributed by atoms with E-state index in [1.54, 1.807) is 7.05 Å². The quantitative estimate of drug-likeness (QED) is 0.557. The lowest BCUT2D eigenvalue weighted by Gasteiger charge is -2.29. The van der Waals surface area contributed by atoms with Crippen molar-refractivity contribution >= 4 is 11.9 Å². The van der Waals surface area contributed by atoms with Gasteiger partial charge in [-0.15, -0.1) is 0 Å². The summed E-state index contributed by atoms with van der Waals surface area (Å²) in [6.45, 7) is 7.93. The van der Waals surface area contributed by atoms with Crippen molar-refractivity contribution in [1.82, 2.24) is 15.5 Å². The predicted molar refractivity (Wildman–Crippen MR) is 122 cm³/mol. The van der Waals surface area contributed by atoms with E-state index in [4.69, 9.17) is 9.47 Å². The van der Waals surface area contributed by atoms with E-state index in [0.717, 1.165) is 56.4 Å². The number of fused-ring (bicyclic) bond motifs is 1. The van der Waals surface area contributed by atoms with Crippen molar-refractivity contribution in [2.75, 3.05) is 39.9 Å². The van der Waals surface area contributed by atoms with Crippen LogP contribution in [-0.4, -0.2) is 62.7 Å². The molecule has 3 aliphatic rings. The van der Waals surface area contributed by atoms with Gasteiger partial charge in [-0.2, -0.15) is 0 Å². The largest absolute Gasteiger partial charge is 0.486 e. The fourth-order valence-corrected chi connectivity index (χ4v) is 4.77. The molecule has 1 aromatic carbocycles. The van der Waals surface area contributed by atoms with Gasteiger partial charge in [0.15, 0.2) is 17.5 Å². The van der Waals surface area contributed by atoms with Crippen LogP contribution >= 0.6 is 0 Å². The van der Waals surface area contributed by atoms with Gasteiger partial charge in [0, 0.05) is 44.1 Å². The van der Waals surface area contributed by atoms with Gasteiger partial charge in [-0.25, -0.2) is 0 Å². The number of amides is 1. The Morgan fingerprint density at radius 1 is 1.16 bits per heavy atom. The first-order valence-corrected chi connectivity index (χ1v) is 11.6. The summed E-state index contributed by atoms with van der Waals surface area (Å²) in [5, 5.41) is 6.99. The topological polar surface area (TPSA) is 75.2 Å². The molecule has 0 aromatic heterocycles. The summed E-state index contributed by atoms with van der Waals surface area (Å²) < 4.78 is 11.4. The monoisotopic (exact) mass is 428 g/mol. The Kier molecular flexibility index (Phi) is 6.58. The number of rotatable bonds is 5. The van der Waals surface area contributed by atoms with Crippen molar-refractivity contribution in [2.45, 2.75) is 57.4 Å². The number of carbonyl (C=O) groups excluding carboxylic acids is 1. The molecule has 0 radical (unpaired) electrons. The zero-order valence-electron chi connectivity index (χ0n) is 19.1. The summed E-state index contributed by atoms with van der Waals surface area (Å²) in [4.78, 5) is 19.2. The number of benzene rings is 1. The van der Waals surface area contributed by atoms with Gasteiger partial charge in [0.2, 0.25) is 5.91 Å². The van der Waals surface area contributed by atoms with Crippen LogP contribution in [0.3, 0.4) is 0 Å². The number of likely N-dealkylation sites (tertiary alicyclic amines) is 1. The van der Waals surface area contributed by atoms with E-state index in [1.807, 2.05) is 11.0 Å². The van der Waals surface area contributed by atoms with E-state index in [0.29, 0.717) is 19.1 Å². The molecule has 31 heavy (non-hydrogen) atoms. The number of nitrogens with zero attached hydrogens (tertiary/aromatic N) is 2. The van der Waals surface area contributed by atoms with E-state index < -0.39 is 0 Å². The van der Waals surface area contributed by atoms with Crippen LogP contribution in [0.15, 0.2) is 23.2 Å². The molecule has 7 heteroatoms. The average molecular weight is 429 g/mol. The van der Waals surface area contributed by atoms with Crippen molar-refractivity contribution in [3.63, 3.8) is 0 Å². The lowest BCUT2D eigenvalue weighted by molar-refractivity contribution is -0.134. The van der Waals surface area contributed by atoms with Gasteiger partial charge in [0.25, 0.3) is 0 Å². The first-order valence-electron chi connectivity index (χ1n) is 11.6. The number of hydrogen-bond donors (Lipinski definition) is 2. The molecule has 1 aliphatic carbocycles. The summed E-state index contributed by atoms with van der Waals surface area (Å²) in [6.07, 6.45) is 5.48. The third-order valence-electron chi connectivity index (χ3n) is 6.79. The van der Waals surface area contributed by atoms with Crippen molar-refractivity contribution in [3.05, 3.63) is 23.8 Å². The number of ether oxygens (including phenoxy) is 2. The standard InChI is InChI=1S/C24H36N4O3/c1-24(2,18-8-9-20-21(14-18)31-13-12-30-20)16-26-23(25-3)27-19-10-11-28(15-19)22(29)17-6-4-5-7-17/h8-9,14,17,19H,4-7,10-13,15-16H2,1-3H3,(H2,25,26,27). The fraction of sp³-hybridized carbons (Fsp3) is 0.667. The molecule has 1 saturated heterocycles. The second-order valence-electron chi connectivity index (χ2n) is 9.56. The number of aliphatic imine (C=N–C) groups is 1. The number of guanidine groups is 1. The van der Waals surface area contributed by atoms with Crippen LogP contribution in [0.4, 0.5) is 0 Å². The molecular weight excluding hydrogens is 392 g/mol. The van der Waals surface area contributed by atoms with Crippen molar-refractivity contribution < 1.29 is 14.3 Å². The van der Waals surface area contributed by atoms with Gasteiger partial charge < -0.3 is 25.0 Å². The highest BCUT2D eigenvalue weighted by Gasteiger charge is 2.32. The Morgan fingerprint density at radius 3 is 2.65 bits per heavy atom. The molecule has 1 aromatic rings. The average Bonchev–Trinajstić information content (AvgIpc) is 3.48. The minimum absolute atomic E-state index is 0.117. The van der Waals surface area contributed by atoms with Gasteiger partial charge in [0.1, 0.15) is 13.2 Å². The molecule has 0 bridgehead atoms. The third kappa shape index (κ3) is 5.08. The highest BCUT2D eigenvalue weighted by Crippen LogP contribution is 2.35. The number of nitrogens with one attached hydrogen (secondary N) is 2. The fourth-order valence-electron chi connectivity index (χ4n) is 4.77. The van der Waals surface area contributed by atoms with Gasteiger partial charge in [-0.05, 0) is 37.0 Å². The molecule has 2 fully saturated rings. The Bertz CT molecular complexity index is 817. The minimum Gasteiger partial charge on any atom is -0.486 e. The normalized spacial score (nSPS) is 22.0. The van der Waals surface area contributed by atoms with Crippen LogP contribution < -0.4 is 20.1 Å². The van der Waals surface area contributed by atoms with Gasteiger partial charge >= 0.3 is 0 Å². The SMILES string of the molecule is CN=C(NCC(C)(C)c1ccc2c(c1)OCCO2)NC1CCN(C(=O)C2CCCC2)C1. The Morgan fingerprint density at radius 2 is 1.90 bits per heavy atom. The van der Waals surface area contributed by atoms with Gasteiger partial charge in [-0.3, -0.25) is 9.79 Å². The maximum Gasteiger partial charge on any atom is 0.225 e. The van der Waals surface area contributed by atoms with Crippen molar-refractivity contribution in [2.24, 2.45) is 10.9 Å². The smallest absolute Gasteiger partial charge is 0.225 e. The van der Waals surface area contributed by atoms with Crippen LogP contribution in [0.1, 0.15) is 51.5 Å². The lowest BCUT2D eigenvalue weighted by Crippen LogP contribution is -2.48. The van der Waals surface area contributed by atoms with E-state index in [1.165, 1.54) is 18.4 Å². The first-order chi connectivity index (χ1) is 15.0. The molecular formula is C24H36N4O3. The van der Waals surface area contributed by atoms with Crippen LogP contribution in [-0.2, 0) is 10.2 Å². The molecule has 1 unspecified atom stereocenters. The Hall–Kier alpha value is -2.44. The molecule has 1 atom stereocenters. The van der Waals surface area contributed by atoms with Crippen LogP contribution in [0.25, 0.3) is 0 Å². The maximum absolute atomic E-state index is 12.7. The zero-order chi connectivity index (χ0) is 21.8. The lowest BCUT2D eigenvalue weighted by atomic mass is 9.84. The van der Waals surface area contributed by atoms with E-state index in [-0.39, 0.29) is 17.4 Å². The van der Waals surface area contributed by atoms with Gasteiger partial charge in [0.05, 0.1) is 0 Å². The van der Waals surface area contributed by atoms with Crippen molar-refractivity contribution in [3.8, 4) is 11.5 Å². The second kappa shape index (κ2) is 9.37. The minimum atomic E-state index is -0.117. The number of hydrogen-bond acceptors (Lipinski definition) is 4.